The van der Waals surface area contributed by atoms with Crippen LogP contribution < -0.4 is 14.8 Å². The van der Waals surface area contributed by atoms with Crippen molar-refractivity contribution in [1.29, 1.82) is 0 Å². The van der Waals surface area contributed by atoms with Gasteiger partial charge in [-0.2, -0.15) is 5.10 Å². The lowest BCUT2D eigenvalue weighted by atomic mass is 10.0. The number of ether oxygens (including phenoxy) is 2. The summed E-state index contributed by atoms with van der Waals surface area (Å²) in [5, 5.41) is 8.37. The van der Waals surface area contributed by atoms with Gasteiger partial charge in [-0.05, 0) is 76.4 Å². The van der Waals surface area contributed by atoms with Crippen LogP contribution in [0.2, 0.25) is 5.02 Å². The van der Waals surface area contributed by atoms with Crippen LogP contribution in [-0.4, -0.2) is 68.9 Å². The van der Waals surface area contributed by atoms with Crippen molar-refractivity contribution in [3.63, 3.8) is 0 Å². The number of halogens is 2. The Balaban J connectivity index is 1.26. The molecule has 1 fully saturated rings. The summed E-state index contributed by atoms with van der Waals surface area (Å²) in [6, 6.07) is 11.3. The molecule has 2 aromatic carbocycles. The number of sulfonamides is 1. The zero-order valence-corrected chi connectivity index (χ0v) is 30.3. The van der Waals surface area contributed by atoms with Crippen molar-refractivity contribution in [2.75, 3.05) is 23.1 Å². The van der Waals surface area contributed by atoms with Gasteiger partial charge in [-0.25, -0.2) is 32.6 Å². The maximum atomic E-state index is 15.3. The molecule has 0 radical (unpaired) electrons. The molecule has 268 valence electrons. The Kier molecular flexibility index (Phi) is 10.0. The van der Waals surface area contributed by atoms with Gasteiger partial charge in [0, 0.05) is 55.5 Å². The van der Waals surface area contributed by atoms with Crippen molar-refractivity contribution < 1.29 is 27.1 Å². The minimum absolute atomic E-state index is 0.0857. The molecule has 3 aromatic heterocycles. The number of aromatic nitrogens is 5. The number of hydrogen-bond donors (Lipinski definition) is 2. The summed E-state index contributed by atoms with van der Waals surface area (Å²) in [5.41, 5.74) is 1.12. The monoisotopic (exact) mass is 736 g/mol. The molecule has 2 N–H and O–H groups in total. The normalized spacial score (nSPS) is 15.1. The molecule has 16 heteroatoms. The molecule has 1 atom stereocenters. The van der Waals surface area contributed by atoms with Crippen molar-refractivity contribution in [3.05, 3.63) is 83.2 Å². The van der Waals surface area contributed by atoms with E-state index in [9.17, 15) is 13.2 Å². The van der Waals surface area contributed by atoms with Gasteiger partial charge in [0.2, 0.25) is 21.9 Å². The molecule has 0 spiro atoms. The summed E-state index contributed by atoms with van der Waals surface area (Å²) >= 11 is 6.14. The van der Waals surface area contributed by atoms with E-state index >= 15 is 4.39 Å². The number of amides is 1. The number of anilines is 2. The number of nitrogens with one attached hydrogen (secondary N) is 2. The fraction of sp³-hybridized carbons (Fsp3) is 0.343. The number of fused-ring (bicyclic) bond motifs is 1. The lowest BCUT2D eigenvalue weighted by molar-refractivity contribution is 0.0206. The van der Waals surface area contributed by atoms with E-state index in [-0.39, 0.29) is 39.8 Å². The molecular weight excluding hydrogens is 699 g/mol. The van der Waals surface area contributed by atoms with Crippen LogP contribution >= 0.6 is 11.6 Å². The molecule has 0 unspecified atom stereocenters. The molecule has 1 amide bonds. The minimum atomic E-state index is -4.11. The van der Waals surface area contributed by atoms with Crippen LogP contribution in [0.1, 0.15) is 44.9 Å². The summed E-state index contributed by atoms with van der Waals surface area (Å²) in [6.07, 6.45) is 5.95. The quantitative estimate of drug-likeness (QED) is 0.161. The smallest absolute Gasteiger partial charge is 0.410 e. The summed E-state index contributed by atoms with van der Waals surface area (Å²) in [7, 11) is -2.49. The number of pyridine rings is 1. The van der Waals surface area contributed by atoms with Crippen LogP contribution in [0, 0.1) is 12.7 Å². The maximum Gasteiger partial charge on any atom is 0.410 e. The number of likely N-dealkylation sites (tertiary alicyclic amines) is 1. The van der Waals surface area contributed by atoms with Gasteiger partial charge in [-0.15, -0.1) is 0 Å². The molecule has 0 aliphatic carbocycles. The van der Waals surface area contributed by atoms with Gasteiger partial charge in [0.1, 0.15) is 22.9 Å². The molecular formula is C35H38ClFN8O5S. The lowest BCUT2D eigenvalue weighted by Crippen LogP contribution is -2.47. The molecule has 13 nitrogen and oxygen atoms in total. The number of piperidine rings is 1. The minimum Gasteiger partial charge on any atom is -0.444 e. The Morgan fingerprint density at radius 2 is 1.88 bits per heavy atom. The average Bonchev–Trinajstić information content (AvgIpc) is 3.38. The standard InChI is InChI=1S/C35H38ClFN8O5S/c1-21-10-11-23-24(12-13-27(37)30(23)43-51(47,48)20-29-26(36)19-44(5)42-29)31(21)49-32-25(9-6-15-38-32)28-14-16-39-33(41-28)40-22-8-7-17-45(18-22)34(46)50-35(2,3)4/h6,9-16,19,22,43H,7-8,17-18,20H2,1-5H3,(H,39,40,41)/t22-/m0/s1. The third-order valence-corrected chi connectivity index (χ3v) is 9.53. The SMILES string of the molecule is Cc1ccc2c(NS(=O)(=O)Cc3nn(C)cc3Cl)c(F)ccc2c1Oc1ncccc1-c1ccnc(N[C@H]2CCCN(C(=O)OC(C)(C)C)C2)n1. The molecule has 51 heavy (non-hydrogen) atoms. The Labute approximate surface area is 300 Å². The molecule has 1 aliphatic heterocycles. The largest absolute Gasteiger partial charge is 0.444 e. The van der Waals surface area contributed by atoms with E-state index in [1.165, 1.54) is 23.0 Å². The summed E-state index contributed by atoms with van der Waals surface area (Å²) < 4.78 is 57.4. The van der Waals surface area contributed by atoms with E-state index in [1.54, 1.807) is 48.6 Å². The molecule has 6 rings (SSSR count). The predicted molar refractivity (Wildman–Crippen MR) is 193 cm³/mol. The number of rotatable bonds is 9. The molecule has 1 saturated heterocycles. The topological polar surface area (TPSA) is 153 Å². The second-order valence-electron chi connectivity index (χ2n) is 13.3. The third-order valence-electron chi connectivity index (χ3n) is 8.04. The number of hydrogen-bond acceptors (Lipinski definition) is 10. The van der Waals surface area contributed by atoms with E-state index in [0.717, 1.165) is 12.8 Å². The van der Waals surface area contributed by atoms with Crippen molar-refractivity contribution in [1.82, 2.24) is 29.6 Å². The molecule has 1 aliphatic rings. The van der Waals surface area contributed by atoms with Crippen molar-refractivity contribution in [2.24, 2.45) is 7.05 Å². The van der Waals surface area contributed by atoms with Crippen LogP contribution in [0.25, 0.3) is 22.0 Å². The Morgan fingerprint density at radius 3 is 2.63 bits per heavy atom. The zero-order valence-electron chi connectivity index (χ0n) is 28.8. The molecule has 4 heterocycles. The van der Waals surface area contributed by atoms with Crippen molar-refractivity contribution in [2.45, 2.75) is 57.9 Å². The fourth-order valence-electron chi connectivity index (χ4n) is 5.79. The maximum absolute atomic E-state index is 15.3. The highest BCUT2D eigenvalue weighted by Gasteiger charge is 2.28. The van der Waals surface area contributed by atoms with E-state index in [1.807, 2.05) is 33.8 Å². The number of nitrogens with zero attached hydrogens (tertiary/aromatic N) is 6. The van der Waals surface area contributed by atoms with Gasteiger partial charge in [-0.3, -0.25) is 9.40 Å². The zero-order chi connectivity index (χ0) is 36.5. The first-order valence-electron chi connectivity index (χ1n) is 16.3. The second kappa shape index (κ2) is 14.3. The fourth-order valence-corrected chi connectivity index (χ4v) is 7.28. The summed E-state index contributed by atoms with van der Waals surface area (Å²) in [5.74, 6) is -0.354. The Hall–Kier alpha value is -5.02. The van der Waals surface area contributed by atoms with Gasteiger partial charge in [-0.1, -0.05) is 23.7 Å². The van der Waals surface area contributed by atoms with Crippen LogP contribution in [0.5, 0.6) is 11.6 Å². The van der Waals surface area contributed by atoms with E-state index in [2.05, 4.69) is 25.1 Å². The highest BCUT2D eigenvalue weighted by Crippen LogP contribution is 2.40. The highest BCUT2D eigenvalue weighted by atomic mass is 35.5. The molecule has 0 bridgehead atoms. The van der Waals surface area contributed by atoms with Gasteiger partial charge in [0.05, 0.1) is 27.7 Å². The molecule has 5 aromatic rings. The first-order valence-corrected chi connectivity index (χ1v) is 18.3. The van der Waals surface area contributed by atoms with Gasteiger partial charge in [0.15, 0.2) is 0 Å². The number of carbonyl (C=O) groups excluding carboxylic acids is 1. The molecule has 0 saturated carbocycles. The third kappa shape index (κ3) is 8.48. The van der Waals surface area contributed by atoms with Crippen LogP contribution in [0.3, 0.4) is 0 Å². The van der Waals surface area contributed by atoms with Gasteiger partial charge in [0.25, 0.3) is 0 Å². The average molecular weight is 737 g/mol. The van der Waals surface area contributed by atoms with Gasteiger partial charge < -0.3 is 19.7 Å². The van der Waals surface area contributed by atoms with Crippen LogP contribution in [-0.2, 0) is 27.6 Å². The van der Waals surface area contributed by atoms with Crippen molar-refractivity contribution in [3.8, 4) is 22.9 Å². The second-order valence-corrected chi connectivity index (χ2v) is 15.5. The number of benzene rings is 2. The predicted octanol–water partition coefficient (Wildman–Crippen LogP) is 7.07. The number of aryl methyl sites for hydroxylation is 2. The lowest BCUT2D eigenvalue weighted by Gasteiger charge is -2.34. The van der Waals surface area contributed by atoms with E-state index in [0.29, 0.717) is 47.0 Å². The summed E-state index contributed by atoms with van der Waals surface area (Å²) in [6.45, 7) is 8.40. The Morgan fingerprint density at radius 1 is 1.10 bits per heavy atom. The van der Waals surface area contributed by atoms with Gasteiger partial charge >= 0.3 is 6.09 Å². The number of carbonyl (C=O) groups is 1. The van der Waals surface area contributed by atoms with Crippen LogP contribution in [0.15, 0.2) is 61.1 Å². The Bertz CT molecular complexity index is 2210. The van der Waals surface area contributed by atoms with E-state index < -0.39 is 27.2 Å². The van der Waals surface area contributed by atoms with Crippen LogP contribution in [0.4, 0.5) is 20.8 Å². The summed E-state index contributed by atoms with van der Waals surface area (Å²) in [4.78, 5) is 28.0. The first kappa shape index (κ1) is 35.8. The van der Waals surface area contributed by atoms with Crippen molar-refractivity contribution >= 4 is 50.1 Å². The first-order chi connectivity index (χ1) is 24.2. The van der Waals surface area contributed by atoms with E-state index in [4.69, 9.17) is 26.1 Å². The highest BCUT2D eigenvalue weighted by molar-refractivity contribution is 7.91.